The molecule has 1 aliphatic rings. The van der Waals surface area contributed by atoms with E-state index in [4.69, 9.17) is 4.74 Å². The summed E-state index contributed by atoms with van der Waals surface area (Å²) in [6.45, 7) is 5.10. The van der Waals surface area contributed by atoms with Gasteiger partial charge in [0.25, 0.3) is 0 Å². The van der Waals surface area contributed by atoms with Crippen LogP contribution in [0.15, 0.2) is 18.3 Å². The lowest BCUT2D eigenvalue weighted by Crippen LogP contribution is -2.43. The fourth-order valence-corrected chi connectivity index (χ4v) is 2.72. The summed E-state index contributed by atoms with van der Waals surface area (Å²) in [5, 5.41) is 9.24. The van der Waals surface area contributed by atoms with Crippen LogP contribution in [-0.2, 0) is 9.53 Å². The maximum Gasteiger partial charge on any atom is 0.341 e. The minimum absolute atomic E-state index is 0.233. The van der Waals surface area contributed by atoms with Crippen molar-refractivity contribution in [3.63, 3.8) is 0 Å². The summed E-state index contributed by atoms with van der Waals surface area (Å²) in [6, 6.07) is 3.34. The number of esters is 1. The standard InChI is InChI=1S/C15H20N2O4/c1-3-21-15(20)12-5-4-6-16-13(12)17-8-10(2)7-11(9-17)14(18)19/h4-6,10-11H,3,7-9H2,1-2H3,(H,18,19). The molecule has 0 aromatic carbocycles. The molecule has 0 spiro atoms. The number of nitrogens with zero attached hydrogens (tertiary/aromatic N) is 2. The van der Waals surface area contributed by atoms with Crippen LogP contribution in [-0.4, -0.2) is 41.7 Å². The summed E-state index contributed by atoms with van der Waals surface area (Å²) in [4.78, 5) is 29.4. The van der Waals surface area contributed by atoms with Gasteiger partial charge in [-0.1, -0.05) is 6.92 Å². The monoisotopic (exact) mass is 292 g/mol. The molecule has 0 bridgehead atoms. The summed E-state index contributed by atoms with van der Waals surface area (Å²) in [6.07, 6.45) is 2.25. The van der Waals surface area contributed by atoms with Crippen LogP contribution < -0.4 is 4.90 Å². The average molecular weight is 292 g/mol. The van der Waals surface area contributed by atoms with E-state index in [1.807, 2.05) is 11.8 Å². The normalized spacial score (nSPS) is 21.9. The molecule has 1 N–H and O–H groups in total. The van der Waals surface area contributed by atoms with Crippen molar-refractivity contribution >= 4 is 17.8 Å². The topological polar surface area (TPSA) is 79.7 Å². The smallest absolute Gasteiger partial charge is 0.341 e. The van der Waals surface area contributed by atoms with Crippen LogP contribution in [0.5, 0.6) is 0 Å². The van der Waals surface area contributed by atoms with Crippen molar-refractivity contribution in [2.75, 3.05) is 24.6 Å². The van der Waals surface area contributed by atoms with Crippen molar-refractivity contribution in [2.24, 2.45) is 11.8 Å². The van der Waals surface area contributed by atoms with Crippen molar-refractivity contribution in [1.29, 1.82) is 0 Å². The van der Waals surface area contributed by atoms with Crippen molar-refractivity contribution in [3.05, 3.63) is 23.9 Å². The lowest BCUT2D eigenvalue weighted by molar-refractivity contribution is -0.142. The van der Waals surface area contributed by atoms with Crippen LogP contribution in [0.25, 0.3) is 0 Å². The second kappa shape index (κ2) is 6.56. The van der Waals surface area contributed by atoms with Gasteiger partial charge >= 0.3 is 11.9 Å². The average Bonchev–Trinajstić information content (AvgIpc) is 2.46. The number of hydrogen-bond donors (Lipinski definition) is 1. The minimum Gasteiger partial charge on any atom is -0.481 e. The fraction of sp³-hybridized carbons (Fsp3) is 0.533. The van der Waals surface area contributed by atoms with Crippen molar-refractivity contribution in [2.45, 2.75) is 20.3 Å². The molecule has 1 fully saturated rings. The predicted molar refractivity (Wildman–Crippen MR) is 77.3 cm³/mol. The third-order valence-corrected chi connectivity index (χ3v) is 3.59. The van der Waals surface area contributed by atoms with E-state index in [2.05, 4.69) is 4.98 Å². The molecule has 1 aromatic heterocycles. The van der Waals surface area contributed by atoms with Gasteiger partial charge in [-0.15, -0.1) is 0 Å². The molecule has 21 heavy (non-hydrogen) atoms. The van der Waals surface area contributed by atoms with Gasteiger partial charge in [-0.25, -0.2) is 9.78 Å². The molecule has 2 atom stereocenters. The maximum atomic E-state index is 12.0. The zero-order valence-electron chi connectivity index (χ0n) is 12.3. The second-order valence-electron chi connectivity index (χ2n) is 5.38. The number of anilines is 1. The first-order chi connectivity index (χ1) is 10.0. The SMILES string of the molecule is CCOC(=O)c1cccnc1N1CC(C)CC(C(=O)O)C1. The number of aliphatic carboxylic acids is 1. The van der Waals surface area contributed by atoms with Crippen LogP contribution >= 0.6 is 0 Å². The van der Waals surface area contributed by atoms with E-state index in [9.17, 15) is 14.7 Å². The summed E-state index contributed by atoms with van der Waals surface area (Å²) in [5.74, 6) is -0.928. The number of carbonyl (C=O) groups excluding carboxylic acids is 1. The van der Waals surface area contributed by atoms with Gasteiger partial charge in [0, 0.05) is 19.3 Å². The molecule has 2 heterocycles. The lowest BCUT2D eigenvalue weighted by Gasteiger charge is -2.36. The Hall–Kier alpha value is -2.11. The number of aromatic nitrogens is 1. The predicted octanol–water partition coefficient (Wildman–Crippen LogP) is 1.81. The van der Waals surface area contributed by atoms with Crippen LogP contribution in [0.4, 0.5) is 5.82 Å². The van der Waals surface area contributed by atoms with Gasteiger partial charge in [-0.3, -0.25) is 4.79 Å². The number of pyridine rings is 1. The third kappa shape index (κ3) is 3.51. The van der Waals surface area contributed by atoms with Crippen LogP contribution in [0.1, 0.15) is 30.6 Å². The van der Waals surface area contributed by atoms with E-state index in [0.717, 1.165) is 0 Å². The first-order valence-corrected chi connectivity index (χ1v) is 7.12. The van der Waals surface area contributed by atoms with Crippen LogP contribution in [0.2, 0.25) is 0 Å². The molecule has 6 nitrogen and oxygen atoms in total. The Morgan fingerprint density at radius 2 is 2.24 bits per heavy atom. The zero-order valence-corrected chi connectivity index (χ0v) is 12.3. The Labute approximate surface area is 123 Å². The molecule has 0 amide bonds. The van der Waals surface area contributed by atoms with E-state index < -0.39 is 17.9 Å². The molecule has 1 aliphatic heterocycles. The first-order valence-electron chi connectivity index (χ1n) is 7.12. The number of ether oxygens (including phenoxy) is 1. The van der Waals surface area contributed by atoms with Crippen LogP contribution in [0.3, 0.4) is 0 Å². The van der Waals surface area contributed by atoms with Crippen molar-refractivity contribution in [1.82, 2.24) is 4.98 Å². The number of carboxylic acids is 1. The zero-order chi connectivity index (χ0) is 15.4. The van der Waals surface area contributed by atoms with E-state index in [0.29, 0.717) is 37.5 Å². The molecular formula is C15H20N2O4. The summed E-state index contributed by atoms with van der Waals surface area (Å²) < 4.78 is 5.04. The highest BCUT2D eigenvalue weighted by Crippen LogP contribution is 2.28. The molecule has 0 saturated carbocycles. The molecule has 0 aliphatic carbocycles. The van der Waals surface area contributed by atoms with Gasteiger partial charge in [-0.05, 0) is 31.4 Å². The molecule has 0 radical (unpaired) electrons. The number of rotatable bonds is 4. The van der Waals surface area contributed by atoms with Crippen LogP contribution in [0, 0.1) is 11.8 Å². The third-order valence-electron chi connectivity index (χ3n) is 3.59. The Morgan fingerprint density at radius 1 is 1.48 bits per heavy atom. The van der Waals surface area contributed by atoms with Gasteiger partial charge in [0.1, 0.15) is 11.4 Å². The Morgan fingerprint density at radius 3 is 2.90 bits per heavy atom. The van der Waals surface area contributed by atoms with Gasteiger partial charge in [0.2, 0.25) is 0 Å². The number of hydrogen-bond acceptors (Lipinski definition) is 5. The number of carboxylic acid groups (broad SMARTS) is 1. The molecule has 1 saturated heterocycles. The van der Waals surface area contributed by atoms with Gasteiger partial charge in [0.05, 0.1) is 12.5 Å². The number of carbonyl (C=O) groups is 2. The highest BCUT2D eigenvalue weighted by molar-refractivity contribution is 5.94. The van der Waals surface area contributed by atoms with Crippen molar-refractivity contribution < 1.29 is 19.4 Å². The highest BCUT2D eigenvalue weighted by Gasteiger charge is 2.31. The van der Waals surface area contributed by atoms with Gasteiger partial charge in [-0.2, -0.15) is 0 Å². The van der Waals surface area contributed by atoms with E-state index >= 15 is 0 Å². The van der Waals surface area contributed by atoms with Gasteiger partial charge < -0.3 is 14.7 Å². The molecular weight excluding hydrogens is 272 g/mol. The first kappa shape index (κ1) is 15.3. The Balaban J connectivity index is 2.28. The summed E-state index contributed by atoms with van der Waals surface area (Å²) in [7, 11) is 0. The van der Waals surface area contributed by atoms with E-state index in [1.165, 1.54) is 0 Å². The molecule has 1 aromatic rings. The minimum atomic E-state index is -0.805. The van der Waals surface area contributed by atoms with Gasteiger partial charge in [0.15, 0.2) is 0 Å². The number of piperidine rings is 1. The van der Waals surface area contributed by atoms with E-state index in [1.54, 1.807) is 25.3 Å². The van der Waals surface area contributed by atoms with Crippen molar-refractivity contribution in [3.8, 4) is 0 Å². The quantitative estimate of drug-likeness (QED) is 0.852. The summed E-state index contributed by atoms with van der Waals surface area (Å²) >= 11 is 0. The Kier molecular flexibility index (Phi) is 4.77. The molecule has 6 heteroatoms. The fourth-order valence-electron chi connectivity index (χ4n) is 2.72. The highest BCUT2D eigenvalue weighted by atomic mass is 16.5. The lowest BCUT2D eigenvalue weighted by atomic mass is 9.90. The second-order valence-corrected chi connectivity index (χ2v) is 5.38. The van der Waals surface area contributed by atoms with E-state index in [-0.39, 0.29) is 5.92 Å². The summed E-state index contributed by atoms with van der Waals surface area (Å²) in [5.41, 5.74) is 0.387. The largest absolute Gasteiger partial charge is 0.481 e. The molecule has 114 valence electrons. The molecule has 2 unspecified atom stereocenters. The molecule has 2 rings (SSSR count). The maximum absolute atomic E-state index is 12.0. The Bertz CT molecular complexity index is 532.